The molecule has 1 heterocycles. The number of nitrogens with zero attached hydrogens (tertiary/aromatic N) is 2. The van der Waals surface area contributed by atoms with E-state index in [1.54, 1.807) is 18.0 Å². The largest absolute Gasteiger partial charge is 0.249 e. The quantitative estimate of drug-likeness (QED) is 0.662. The molecule has 0 aliphatic carbocycles. The first-order valence-electron chi connectivity index (χ1n) is 4.48. The van der Waals surface area contributed by atoms with Crippen molar-refractivity contribution < 1.29 is 0 Å². The number of hydrogen-bond acceptors (Lipinski definition) is 3. The van der Waals surface area contributed by atoms with E-state index in [4.69, 9.17) is 5.26 Å². The summed E-state index contributed by atoms with van der Waals surface area (Å²) in [5.74, 6) is 0. The van der Waals surface area contributed by atoms with Gasteiger partial charge in [0.05, 0.1) is 10.6 Å². The standard InChI is InChI=1S/C11H14N2S/c1-8-5-10(14-11(2,3)4)13-7-9(8)6-12/h5,7H,1-4H3. The van der Waals surface area contributed by atoms with Gasteiger partial charge in [0, 0.05) is 10.9 Å². The average Bonchev–Trinajstić information content (AvgIpc) is 2.01. The van der Waals surface area contributed by atoms with Crippen LogP contribution in [0.1, 0.15) is 31.9 Å². The van der Waals surface area contributed by atoms with E-state index in [9.17, 15) is 0 Å². The minimum atomic E-state index is 0.160. The van der Waals surface area contributed by atoms with E-state index >= 15 is 0 Å². The Morgan fingerprint density at radius 2 is 2.07 bits per heavy atom. The zero-order valence-corrected chi connectivity index (χ0v) is 9.77. The summed E-state index contributed by atoms with van der Waals surface area (Å²) in [5.41, 5.74) is 1.65. The number of aromatic nitrogens is 1. The fraction of sp³-hybridized carbons (Fsp3) is 0.455. The van der Waals surface area contributed by atoms with Crippen molar-refractivity contribution in [3.8, 4) is 6.07 Å². The minimum Gasteiger partial charge on any atom is -0.249 e. The minimum absolute atomic E-state index is 0.160. The third-order valence-corrected chi connectivity index (χ3v) is 2.66. The molecule has 0 aromatic carbocycles. The number of rotatable bonds is 1. The summed E-state index contributed by atoms with van der Waals surface area (Å²) in [5, 5.41) is 9.73. The number of pyridine rings is 1. The molecule has 0 spiro atoms. The van der Waals surface area contributed by atoms with Crippen LogP contribution in [0.5, 0.6) is 0 Å². The highest BCUT2D eigenvalue weighted by Crippen LogP contribution is 2.30. The number of thioether (sulfide) groups is 1. The van der Waals surface area contributed by atoms with E-state index in [2.05, 4.69) is 31.8 Å². The molecule has 0 amide bonds. The molecule has 0 aliphatic heterocycles. The van der Waals surface area contributed by atoms with Crippen LogP contribution >= 0.6 is 11.8 Å². The summed E-state index contributed by atoms with van der Waals surface area (Å²) in [6, 6.07) is 4.08. The van der Waals surface area contributed by atoms with Crippen LogP contribution in [0.3, 0.4) is 0 Å². The van der Waals surface area contributed by atoms with Gasteiger partial charge in [-0.25, -0.2) is 4.98 Å². The van der Waals surface area contributed by atoms with Crippen molar-refractivity contribution in [1.82, 2.24) is 4.98 Å². The van der Waals surface area contributed by atoms with Crippen molar-refractivity contribution in [2.45, 2.75) is 37.5 Å². The molecule has 0 fully saturated rings. The molecule has 74 valence electrons. The molecule has 0 N–H and O–H groups in total. The van der Waals surface area contributed by atoms with Crippen molar-refractivity contribution in [3.63, 3.8) is 0 Å². The first-order chi connectivity index (χ1) is 6.42. The molecule has 0 unspecified atom stereocenters. The Balaban J connectivity index is 2.94. The molecule has 0 atom stereocenters. The zero-order valence-electron chi connectivity index (χ0n) is 8.96. The van der Waals surface area contributed by atoms with Crippen molar-refractivity contribution in [2.75, 3.05) is 0 Å². The van der Waals surface area contributed by atoms with Gasteiger partial charge in [-0.15, -0.1) is 11.8 Å². The van der Waals surface area contributed by atoms with Crippen LogP contribution in [0.25, 0.3) is 0 Å². The molecule has 3 heteroatoms. The molecular formula is C11H14N2S. The molecule has 0 saturated carbocycles. The normalized spacial score (nSPS) is 11.1. The van der Waals surface area contributed by atoms with Gasteiger partial charge in [-0.2, -0.15) is 5.26 Å². The zero-order chi connectivity index (χ0) is 10.8. The molecule has 14 heavy (non-hydrogen) atoms. The van der Waals surface area contributed by atoms with E-state index < -0.39 is 0 Å². The predicted molar refractivity (Wildman–Crippen MR) is 59.3 cm³/mol. The Morgan fingerprint density at radius 3 is 2.50 bits per heavy atom. The second-order valence-corrected chi connectivity index (χ2v) is 6.01. The van der Waals surface area contributed by atoms with Crippen LogP contribution < -0.4 is 0 Å². The Labute approximate surface area is 89.4 Å². The highest BCUT2D eigenvalue weighted by molar-refractivity contribution is 8.00. The molecular weight excluding hydrogens is 192 g/mol. The molecule has 0 aliphatic rings. The van der Waals surface area contributed by atoms with Crippen LogP contribution in [-0.2, 0) is 0 Å². The summed E-state index contributed by atoms with van der Waals surface area (Å²) in [7, 11) is 0. The molecule has 0 radical (unpaired) electrons. The maximum atomic E-state index is 8.75. The summed E-state index contributed by atoms with van der Waals surface area (Å²) in [6.07, 6.45) is 1.64. The first-order valence-corrected chi connectivity index (χ1v) is 5.30. The molecule has 1 aromatic rings. The monoisotopic (exact) mass is 206 g/mol. The highest BCUT2D eigenvalue weighted by Gasteiger charge is 2.13. The molecule has 0 bridgehead atoms. The molecule has 0 saturated heterocycles. The number of aryl methyl sites for hydroxylation is 1. The summed E-state index contributed by atoms with van der Waals surface area (Å²) < 4.78 is 0.160. The van der Waals surface area contributed by atoms with Crippen LogP contribution in [-0.4, -0.2) is 9.73 Å². The van der Waals surface area contributed by atoms with Gasteiger partial charge in [0.2, 0.25) is 0 Å². The Hall–Kier alpha value is -1.01. The lowest BCUT2D eigenvalue weighted by Crippen LogP contribution is -2.07. The molecule has 1 rings (SSSR count). The second-order valence-electron chi connectivity index (χ2n) is 4.16. The third kappa shape index (κ3) is 3.04. The number of hydrogen-bond donors (Lipinski definition) is 0. The SMILES string of the molecule is Cc1cc(SC(C)(C)C)ncc1C#N. The summed E-state index contributed by atoms with van der Waals surface area (Å²) in [4.78, 5) is 4.24. The van der Waals surface area contributed by atoms with E-state index in [1.807, 2.05) is 13.0 Å². The van der Waals surface area contributed by atoms with Crippen LogP contribution in [0, 0.1) is 18.3 Å². The lowest BCUT2D eigenvalue weighted by molar-refractivity contribution is 0.799. The predicted octanol–water partition coefficient (Wildman–Crippen LogP) is 3.15. The smallest absolute Gasteiger partial charge is 0.101 e. The Kier molecular flexibility index (Phi) is 3.17. The van der Waals surface area contributed by atoms with Crippen LogP contribution in [0.4, 0.5) is 0 Å². The van der Waals surface area contributed by atoms with Gasteiger partial charge in [-0.05, 0) is 18.6 Å². The molecule has 2 nitrogen and oxygen atoms in total. The second kappa shape index (κ2) is 4.02. The Bertz CT molecular complexity index is 372. The first kappa shape index (κ1) is 11.1. The average molecular weight is 206 g/mol. The van der Waals surface area contributed by atoms with Gasteiger partial charge in [-0.3, -0.25) is 0 Å². The van der Waals surface area contributed by atoms with Gasteiger partial charge < -0.3 is 0 Å². The van der Waals surface area contributed by atoms with Crippen molar-refractivity contribution in [3.05, 3.63) is 23.4 Å². The van der Waals surface area contributed by atoms with Crippen molar-refractivity contribution >= 4 is 11.8 Å². The fourth-order valence-electron chi connectivity index (χ4n) is 1.02. The van der Waals surface area contributed by atoms with Crippen LogP contribution in [0.2, 0.25) is 0 Å². The van der Waals surface area contributed by atoms with Crippen LogP contribution in [0.15, 0.2) is 17.3 Å². The van der Waals surface area contributed by atoms with Gasteiger partial charge >= 0.3 is 0 Å². The van der Waals surface area contributed by atoms with E-state index in [0.717, 1.165) is 10.6 Å². The van der Waals surface area contributed by atoms with E-state index in [0.29, 0.717) is 5.56 Å². The van der Waals surface area contributed by atoms with E-state index in [1.165, 1.54) is 0 Å². The van der Waals surface area contributed by atoms with Gasteiger partial charge in [0.15, 0.2) is 0 Å². The van der Waals surface area contributed by atoms with Gasteiger partial charge in [0.25, 0.3) is 0 Å². The van der Waals surface area contributed by atoms with Gasteiger partial charge in [-0.1, -0.05) is 20.8 Å². The maximum Gasteiger partial charge on any atom is 0.101 e. The van der Waals surface area contributed by atoms with E-state index in [-0.39, 0.29) is 4.75 Å². The highest BCUT2D eigenvalue weighted by atomic mass is 32.2. The Morgan fingerprint density at radius 1 is 1.43 bits per heavy atom. The summed E-state index contributed by atoms with van der Waals surface area (Å²) in [6.45, 7) is 8.37. The van der Waals surface area contributed by atoms with Crippen molar-refractivity contribution in [1.29, 1.82) is 5.26 Å². The fourth-order valence-corrected chi connectivity index (χ4v) is 1.99. The summed E-state index contributed by atoms with van der Waals surface area (Å²) >= 11 is 1.71. The maximum absolute atomic E-state index is 8.75. The molecule has 1 aromatic heterocycles. The topological polar surface area (TPSA) is 36.7 Å². The van der Waals surface area contributed by atoms with Crippen molar-refractivity contribution in [2.24, 2.45) is 0 Å². The van der Waals surface area contributed by atoms with Gasteiger partial charge in [0.1, 0.15) is 6.07 Å². The lowest BCUT2D eigenvalue weighted by atomic mass is 10.2. The lowest BCUT2D eigenvalue weighted by Gasteiger charge is -2.16. The number of nitriles is 1. The third-order valence-electron chi connectivity index (χ3n) is 1.62.